The number of aromatic nitrogens is 4. The van der Waals surface area contributed by atoms with E-state index in [1.54, 1.807) is 0 Å². The Balaban J connectivity index is 0.886. The normalized spacial score (nSPS) is 17.4. The van der Waals surface area contributed by atoms with Gasteiger partial charge in [-0.05, 0) is 79.7 Å². The van der Waals surface area contributed by atoms with Crippen molar-refractivity contribution < 1.29 is 14.0 Å². The molecule has 0 radical (unpaired) electrons. The summed E-state index contributed by atoms with van der Waals surface area (Å²) in [5.74, 6) is 2.70. The van der Waals surface area contributed by atoms with E-state index in [0.29, 0.717) is 6.42 Å². The number of carbonyl (C=O) groups excluding carboxylic acids is 2. The molecule has 5 heterocycles. The first kappa shape index (κ1) is 37.3. The first-order chi connectivity index (χ1) is 28.5. The summed E-state index contributed by atoms with van der Waals surface area (Å²) in [6.45, 7) is 7.28. The average Bonchev–Trinajstić information content (AvgIpc) is 4.12. The first-order valence-electron chi connectivity index (χ1n) is 20.6. The van der Waals surface area contributed by atoms with Crippen LogP contribution in [-0.4, -0.2) is 72.6 Å². The van der Waals surface area contributed by atoms with Gasteiger partial charge in [0.25, 0.3) is 0 Å². The minimum atomic E-state index is -0.324. The summed E-state index contributed by atoms with van der Waals surface area (Å²) in [5.41, 5.74) is 7.69. The second-order valence-corrected chi connectivity index (χ2v) is 15.4. The number of nitrogens with zero attached hydrogens (tertiary/aromatic N) is 5. The minimum Gasteiger partial charge on any atom is -0.456 e. The summed E-state index contributed by atoms with van der Waals surface area (Å²) in [5, 5.41) is 0.997. The number of aromatic amines is 2. The fourth-order valence-electron chi connectivity index (χ4n) is 8.90. The van der Waals surface area contributed by atoms with Gasteiger partial charge in [-0.3, -0.25) is 14.5 Å². The molecule has 2 aliphatic rings. The number of fused-ring (bicyclic) bond motifs is 1. The predicted molar refractivity (Wildman–Crippen MR) is 226 cm³/mol. The highest BCUT2D eigenvalue weighted by Gasteiger charge is 2.38. The van der Waals surface area contributed by atoms with Crippen molar-refractivity contribution in [1.82, 2.24) is 34.6 Å². The Morgan fingerprint density at radius 2 is 1.31 bits per heavy atom. The van der Waals surface area contributed by atoms with Crippen LogP contribution in [0.25, 0.3) is 44.8 Å². The maximum absolute atomic E-state index is 14.3. The van der Waals surface area contributed by atoms with E-state index in [1.165, 1.54) is 0 Å². The number of likely N-dealkylation sites (tertiary alicyclic amines) is 2. The molecule has 58 heavy (non-hydrogen) atoms. The molecule has 2 amide bonds. The van der Waals surface area contributed by atoms with Crippen molar-refractivity contribution in [3.8, 4) is 33.8 Å². The lowest BCUT2D eigenvalue weighted by Gasteiger charge is -2.34. The van der Waals surface area contributed by atoms with Gasteiger partial charge < -0.3 is 24.2 Å². The van der Waals surface area contributed by atoms with Crippen molar-refractivity contribution >= 4 is 22.8 Å². The number of H-pyrrole nitrogens is 2. The van der Waals surface area contributed by atoms with Crippen LogP contribution in [-0.2, 0) is 16.0 Å². The molecule has 2 aliphatic heterocycles. The van der Waals surface area contributed by atoms with E-state index >= 15 is 0 Å². The molecule has 3 aromatic heterocycles. The Bertz CT molecular complexity index is 2500. The number of hydrogen-bond donors (Lipinski definition) is 2. The van der Waals surface area contributed by atoms with Gasteiger partial charge in [0.15, 0.2) is 0 Å². The number of nitrogens with one attached hydrogen (secondary N) is 2. The maximum atomic E-state index is 14.3. The third-order valence-electron chi connectivity index (χ3n) is 12.0. The molecule has 0 unspecified atom stereocenters. The Hall–Kier alpha value is -6.26. The van der Waals surface area contributed by atoms with Crippen molar-refractivity contribution in [3.63, 3.8) is 0 Å². The van der Waals surface area contributed by atoms with Gasteiger partial charge in [0.2, 0.25) is 11.8 Å². The Labute approximate surface area is 338 Å². The molecular formula is C48H49N7O3. The van der Waals surface area contributed by atoms with Crippen molar-refractivity contribution in [2.24, 2.45) is 0 Å². The van der Waals surface area contributed by atoms with E-state index in [9.17, 15) is 9.59 Å². The van der Waals surface area contributed by atoms with Crippen molar-refractivity contribution in [1.29, 1.82) is 0 Å². The summed E-state index contributed by atoms with van der Waals surface area (Å²) in [7, 11) is 0. The van der Waals surface area contributed by atoms with Gasteiger partial charge in [0, 0.05) is 29.6 Å². The van der Waals surface area contributed by atoms with Crippen LogP contribution in [0.1, 0.15) is 80.4 Å². The van der Waals surface area contributed by atoms with Gasteiger partial charge in [-0.2, -0.15) is 0 Å². The third kappa shape index (κ3) is 7.36. The molecule has 2 N–H and O–H groups in total. The predicted octanol–water partition coefficient (Wildman–Crippen LogP) is 9.53. The van der Waals surface area contributed by atoms with E-state index in [-0.39, 0.29) is 29.9 Å². The second kappa shape index (κ2) is 16.3. The quantitative estimate of drug-likeness (QED) is 0.128. The van der Waals surface area contributed by atoms with Gasteiger partial charge in [0.05, 0.1) is 42.3 Å². The molecule has 0 bridgehead atoms. The summed E-state index contributed by atoms with van der Waals surface area (Å²) in [6.07, 6.45) is 7.82. The van der Waals surface area contributed by atoms with Crippen LogP contribution in [0.2, 0.25) is 0 Å². The maximum Gasteiger partial charge on any atom is 0.245 e. The van der Waals surface area contributed by atoms with E-state index in [0.717, 1.165) is 119 Å². The summed E-state index contributed by atoms with van der Waals surface area (Å²) < 4.78 is 6.33. The topological polar surface area (TPSA) is 114 Å². The molecule has 7 aromatic rings. The molecule has 9 rings (SSSR count). The fourth-order valence-corrected chi connectivity index (χ4v) is 8.90. The summed E-state index contributed by atoms with van der Waals surface area (Å²) in [6, 6.07) is 36.1. The number of furan rings is 1. The Kier molecular flexibility index (Phi) is 10.5. The third-order valence-corrected chi connectivity index (χ3v) is 12.0. The lowest BCUT2D eigenvalue weighted by atomic mass is 10.0. The Morgan fingerprint density at radius 1 is 0.724 bits per heavy atom. The van der Waals surface area contributed by atoms with Crippen LogP contribution in [0.15, 0.2) is 126 Å². The molecule has 0 aliphatic carbocycles. The van der Waals surface area contributed by atoms with E-state index in [4.69, 9.17) is 14.4 Å². The molecule has 0 spiro atoms. The van der Waals surface area contributed by atoms with E-state index in [1.807, 2.05) is 76.8 Å². The number of hydrogen-bond acceptors (Lipinski definition) is 6. The molecular weight excluding hydrogens is 723 g/mol. The van der Waals surface area contributed by atoms with E-state index in [2.05, 4.69) is 83.3 Å². The van der Waals surface area contributed by atoms with Crippen LogP contribution >= 0.6 is 0 Å². The zero-order valence-corrected chi connectivity index (χ0v) is 33.1. The minimum absolute atomic E-state index is 0.0464. The van der Waals surface area contributed by atoms with Crippen LogP contribution in [0.5, 0.6) is 0 Å². The SMILES string of the molecule is CCN(CC)[C@@H](C(=O)N1CCC[C@H]1c1ncc(-c2ccc3oc(-c4ccc(-c5cnc([C@@H]6CCCN6C(=O)Cc6ccccc6)[nH]5)cc4)cc3c2)[nH]1)c1ccccc1. The van der Waals surface area contributed by atoms with Gasteiger partial charge in [-0.15, -0.1) is 0 Å². The zero-order valence-electron chi connectivity index (χ0n) is 33.1. The van der Waals surface area contributed by atoms with Gasteiger partial charge >= 0.3 is 0 Å². The highest BCUT2D eigenvalue weighted by molar-refractivity contribution is 5.87. The zero-order chi connectivity index (χ0) is 39.6. The van der Waals surface area contributed by atoms with Crippen molar-refractivity contribution in [2.75, 3.05) is 26.2 Å². The molecule has 10 nitrogen and oxygen atoms in total. The monoisotopic (exact) mass is 771 g/mol. The molecule has 2 fully saturated rings. The van der Waals surface area contributed by atoms with Gasteiger partial charge in [-0.1, -0.05) is 98.8 Å². The number of rotatable bonds is 12. The summed E-state index contributed by atoms with van der Waals surface area (Å²) >= 11 is 0. The highest BCUT2D eigenvalue weighted by atomic mass is 16.3. The molecule has 4 aromatic carbocycles. The molecule has 0 saturated carbocycles. The fraction of sp³-hybridized carbons (Fsp3) is 0.292. The Morgan fingerprint density at radius 3 is 1.98 bits per heavy atom. The lowest BCUT2D eigenvalue weighted by Crippen LogP contribution is -2.43. The van der Waals surface area contributed by atoms with Crippen molar-refractivity contribution in [3.05, 3.63) is 144 Å². The number of carbonyl (C=O) groups is 2. The average molecular weight is 772 g/mol. The number of benzene rings is 4. The van der Waals surface area contributed by atoms with Gasteiger partial charge in [-0.25, -0.2) is 9.97 Å². The van der Waals surface area contributed by atoms with Gasteiger partial charge in [0.1, 0.15) is 29.0 Å². The summed E-state index contributed by atoms with van der Waals surface area (Å²) in [4.78, 5) is 50.4. The largest absolute Gasteiger partial charge is 0.456 e. The molecule has 10 heteroatoms. The van der Waals surface area contributed by atoms with Crippen LogP contribution < -0.4 is 0 Å². The van der Waals surface area contributed by atoms with Crippen molar-refractivity contribution in [2.45, 2.75) is 64.1 Å². The number of imidazole rings is 2. The smallest absolute Gasteiger partial charge is 0.245 e. The number of amides is 2. The number of likely N-dealkylation sites (N-methyl/N-ethyl adjacent to an activating group) is 1. The molecule has 294 valence electrons. The van der Waals surface area contributed by atoms with Crippen LogP contribution in [0.4, 0.5) is 0 Å². The first-order valence-corrected chi connectivity index (χ1v) is 20.6. The molecule has 2 saturated heterocycles. The lowest BCUT2D eigenvalue weighted by molar-refractivity contribution is -0.138. The molecule has 3 atom stereocenters. The standard InChI is InChI=1S/C48H49N7O3/c1-3-53(4-2)45(35-15-9-6-10-16-35)48(57)55-26-12-18-41(55)47-50-31-39(52-47)36-23-24-42-37(28-36)29-43(58-42)34-21-19-33(20-22-34)38-30-49-46(51-38)40-17-11-25-54(40)44(56)27-32-13-7-5-8-14-32/h5-10,13-16,19-24,28-31,40-41,45H,3-4,11-12,17-18,25-27H2,1-2H3,(H,49,51)(H,50,52)/t40-,41-,45+/m0/s1. The highest BCUT2D eigenvalue weighted by Crippen LogP contribution is 2.37. The second-order valence-electron chi connectivity index (χ2n) is 15.4. The van der Waals surface area contributed by atoms with E-state index < -0.39 is 0 Å². The van der Waals surface area contributed by atoms with Crippen LogP contribution in [0.3, 0.4) is 0 Å². The van der Waals surface area contributed by atoms with Crippen LogP contribution in [0, 0.1) is 0 Å².